The minimum Gasteiger partial charge on any atom is -0.490 e. The van der Waals surface area contributed by atoms with Crippen LogP contribution in [0, 0.1) is 18.3 Å². The van der Waals surface area contributed by atoms with Gasteiger partial charge in [0, 0.05) is 10.6 Å². The Balaban J connectivity index is 1.51. The average molecular weight is 430 g/mol. The van der Waals surface area contributed by atoms with Crippen LogP contribution in [0.25, 0.3) is 22.7 Å². The van der Waals surface area contributed by atoms with Crippen LogP contribution in [0.2, 0.25) is 5.02 Å². The Morgan fingerprint density at radius 3 is 2.61 bits per heavy atom. The number of nitrogens with zero attached hydrogens (tertiary/aromatic N) is 2. The highest BCUT2D eigenvalue weighted by molar-refractivity contribution is 6.30. The molecule has 4 rings (SSSR count). The van der Waals surface area contributed by atoms with E-state index in [1.54, 1.807) is 24.3 Å². The Labute approximate surface area is 185 Å². The molecule has 0 unspecified atom stereocenters. The molecule has 6 heteroatoms. The number of benzene rings is 3. The van der Waals surface area contributed by atoms with Gasteiger partial charge >= 0.3 is 0 Å². The first kappa shape index (κ1) is 20.5. The molecule has 3 aromatic carbocycles. The first-order valence-corrected chi connectivity index (χ1v) is 10.2. The molecular weight excluding hydrogens is 410 g/mol. The Morgan fingerprint density at radius 1 is 1.06 bits per heavy atom. The van der Waals surface area contributed by atoms with Gasteiger partial charge in [-0.3, -0.25) is 0 Å². The molecule has 1 N–H and O–H groups in total. The van der Waals surface area contributed by atoms with Crippen molar-refractivity contribution in [1.82, 2.24) is 9.97 Å². The van der Waals surface area contributed by atoms with Crippen LogP contribution in [0.5, 0.6) is 11.5 Å². The third-order valence-electron chi connectivity index (χ3n) is 4.67. The molecular formula is C25H20ClN3O2. The lowest BCUT2D eigenvalue weighted by molar-refractivity contribution is 0.217. The number of ether oxygens (including phenoxy) is 2. The third-order valence-corrected chi connectivity index (χ3v) is 4.90. The van der Waals surface area contributed by atoms with Crippen LogP contribution < -0.4 is 9.47 Å². The monoisotopic (exact) mass is 429 g/mol. The summed E-state index contributed by atoms with van der Waals surface area (Å²) in [5.74, 6) is 1.90. The molecule has 0 aliphatic carbocycles. The number of fused-ring (bicyclic) bond motifs is 1. The van der Waals surface area contributed by atoms with E-state index in [0.29, 0.717) is 40.9 Å². The van der Waals surface area contributed by atoms with Crippen LogP contribution in [0.4, 0.5) is 0 Å². The van der Waals surface area contributed by atoms with E-state index in [1.807, 2.05) is 55.5 Å². The number of imidazole rings is 1. The second kappa shape index (κ2) is 9.38. The summed E-state index contributed by atoms with van der Waals surface area (Å²) in [5, 5.41) is 10.3. The number of para-hydroxylation sites is 2. The zero-order valence-electron chi connectivity index (χ0n) is 16.9. The zero-order valence-corrected chi connectivity index (χ0v) is 17.7. The van der Waals surface area contributed by atoms with Gasteiger partial charge in [-0.2, -0.15) is 5.26 Å². The fraction of sp³-hybridized carbons (Fsp3) is 0.120. The molecule has 1 aromatic heterocycles. The number of aromatic nitrogens is 2. The topological polar surface area (TPSA) is 70.9 Å². The van der Waals surface area contributed by atoms with Gasteiger partial charge in [0.15, 0.2) is 0 Å². The molecule has 0 fully saturated rings. The van der Waals surface area contributed by atoms with E-state index in [4.69, 9.17) is 21.1 Å². The molecule has 31 heavy (non-hydrogen) atoms. The summed E-state index contributed by atoms with van der Waals surface area (Å²) in [7, 11) is 0. The molecule has 0 saturated carbocycles. The van der Waals surface area contributed by atoms with Crippen molar-refractivity contribution in [3.63, 3.8) is 0 Å². The van der Waals surface area contributed by atoms with Gasteiger partial charge in [0.05, 0.1) is 16.6 Å². The van der Waals surface area contributed by atoms with E-state index in [1.165, 1.54) is 5.56 Å². The third kappa shape index (κ3) is 5.06. The van der Waals surface area contributed by atoms with Crippen molar-refractivity contribution >= 4 is 34.3 Å². The number of rotatable bonds is 7. The van der Waals surface area contributed by atoms with Crippen molar-refractivity contribution in [2.75, 3.05) is 13.2 Å². The number of hydrogen-bond acceptors (Lipinski definition) is 4. The number of halogens is 1. The van der Waals surface area contributed by atoms with Gasteiger partial charge in [-0.05, 0) is 55.5 Å². The summed E-state index contributed by atoms with van der Waals surface area (Å²) in [6.07, 6.45) is 1.72. The summed E-state index contributed by atoms with van der Waals surface area (Å²) in [4.78, 5) is 7.69. The molecule has 0 amide bonds. The first-order valence-electron chi connectivity index (χ1n) is 9.81. The number of aryl methyl sites for hydroxylation is 1. The van der Waals surface area contributed by atoms with Gasteiger partial charge in [0.25, 0.3) is 0 Å². The lowest BCUT2D eigenvalue weighted by Crippen LogP contribution is -2.09. The normalized spacial score (nSPS) is 11.3. The Morgan fingerprint density at radius 2 is 1.84 bits per heavy atom. The highest BCUT2D eigenvalue weighted by Gasteiger charge is 2.10. The van der Waals surface area contributed by atoms with E-state index in [-0.39, 0.29) is 0 Å². The van der Waals surface area contributed by atoms with Gasteiger partial charge < -0.3 is 14.5 Å². The minimum atomic E-state index is 0.350. The van der Waals surface area contributed by atoms with Crippen LogP contribution in [-0.4, -0.2) is 23.2 Å². The molecule has 0 atom stereocenters. The summed E-state index contributed by atoms with van der Waals surface area (Å²) < 4.78 is 11.6. The van der Waals surface area contributed by atoms with E-state index in [0.717, 1.165) is 16.8 Å². The molecule has 0 bridgehead atoms. The van der Waals surface area contributed by atoms with Crippen LogP contribution in [-0.2, 0) is 0 Å². The zero-order chi connectivity index (χ0) is 21.6. The Hall–Kier alpha value is -3.75. The van der Waals surface area contributed by atoms with Gasteiger partial charge in [-0.25, -0.2) is 4.98 Å². The van der Waals surface area contributed by atoms with Crippen molar-refractivity contribution in [3.05, 3.63) is 88.7 Å². The first-order chi connectivity index (χ1) is 15.1. The second-order valence-electron chi connectivity index (χ2n) is 6.96. The van der Waals surface area contributed by atoms with Crippen LogP contribution in [0.3, 0.4) is 0 Å². The van der Waals surface area contributed by atoms with Crippen molar-refractivity contribution in [2.24, 2.45) is 0 Å². The molecule has 0 spiro atoms. The maximum absolute atomic E-state index is 9.71. The van der Waals surface area contributed by atoms with E-state index < -0.39 is 0 Å². The quantitative estimate of drug-likeness (QED) is 0.287. The summed E-state index contributed by atoms with van der Waals surface area (Å²) in [5.41, 5.74) is 3.93. The molecule has 0 aliphatic rings. The second-order valence-corrected chi connectivity index (χ2v) is 7.40. The smallest absolute Gasteiger partial charge is 0.149 e. The van der Waals surface area contributed by atoms with Crippen LogP contribution in [0.1, 0.15) is 17.0 Å². The van der Waals surface area contributed by atoms with Crippen LogP contribution >= 0.6 is 11.6 Å². The van der Waals surface area contributed by atoms with Gasteiger partial charge in [-0.1, -0.05) is 41.4 Å². The predicted octanol–water partition coefficient (Wildman–Crippen LogP) is 6.05. The van der Waals surface area contributed by atoms with Gasteiger partial charge in [-0.15, -0.1) is 0 Å². The lowest BCUT2D eigenvalue weighted by atomic mass is 10.1. The number of nitrogens with one attached hydrogen (secondary N) is 1. The molecule has 0 aliphatic heterocycles. The standard InChI is InChI=1S/C25H20ClN3O2/c1-17-6-9-21(10-7-17)30-12-13-31-24-11-8-20(26)15-18(24)14-19(16-27)25-28-22-4-2-3-5-23(22)29-25/h2-11,14-15H,12-13H2,1H3,(H,28,29)/b19-14+. The fourth-order valence-corrected chi connectivity index (χ4v) is 3.28. The molecule has 0 saturated heterocycles. The maximum atomic E-state index is 9.71. The highest BCUT2D eigenvalue weighted by Crippen LogP contribution is 2.28. The van der Waals surface area contributed by atoms with E-state index in [9.17, 15) is 5.26 Å². The molecule has 154 valence electrons. The summed E-state index contributed by atoms with van der Waals surface area (Å²) in [6.45, 7) is 2.77. The Kier molecular flexibility index (Phi) is 6.21. The minimum absolute atomic E-state index is 0.350. The van der Waals surface area contributed by atoms with Crippen molar-refractivity contribution in [3.8, 4) is 17.6 Å². The summed E-state index contributed by atoms with van der Waals surface area (Å²) in [6, 6.07) is 23.0. The summed E-state index contributed by atoms with van der Waals surface area (Å²) >= 11 is 6.19. The van der Waals surface area contributed by atoms with Crippen molar-refractivity contribution in [1.29, 1.82) is 5.26 Å². The Bertz CT molecular complexity index is 1240. The number of nitriles is 1. The number of hydrogen-bond donors (Lipinski definition) is 1. The molecule has 5 nitrogen and oxygen atoms in total. The van der Waals surface area contributed by atoms with Crippen LogP contribution in [0.15, 0.2) is 66.7 Å². The van der Waals surface area contributed by atoms with Gasteiger partial charge in [0.1, 0.15) is 36.6 Å². The number of aromatic amines is 1. The predicted molar refractivity (Wildman–Crippen MR) is 123 cm³/mol. The lowest BCUT2D eigenvalue weighted by Gasteiger charge is -2.11. The maximum Gasteiger partial charge on any atom is 0.149 e. The molecule has 1 heterocycles. The molecule has 4 aromatic rings. The fourth-order valence-electron chi connectivity index (χ4n) is 3.10. The van der Waals surface area contributed by atoms with E-state index >= 15 is 0 Å². The average Bonchev–Trinajstić information content (AvgIpc) is 3.21. The van der Waals surface area contributed by atoms with Crippen molar-refractivity contribution < 1.29 is 9.47 Å². The van der Waals surface area contributed by atoms with Crippen molar-refractivity contribution in [2.45, 2.75) is 6.92 Å². The largest absolute Gasteiger partial charge is 0.490 e. The number of H-pyrrole nitrogens is 1. The van der Waals surface area contributed by atoms with E-state index in [2.05, 4.69) is 16.0 Å². The molecule has 0 radical (unpaired) electrons. The SMILES string of the molecule is Cc1ccc(OCCOc2ccc(Cl)cc2/C=C(\C#N)c2nc3ccccc3[nH]2)cc1. The highest BCUT2D eigenvalue weighted by atomic mass is 35.5. The van der Waals surface area contributed by atoms with Gasteiger partial charge in [0.2, 0.25) is 0 Å². The number of allylic oxidation sites excluding steroid dienone is 1.